The van der Waals surface area contributed by atoms with Gasteiger partial charge in [-0.05, 0) is 49.6 Å². The SMILES string of the molecule is CNC(CCc1cc(Cl)ccc1F)C(C)C. The molecule has 0 aliphatic rings. The van der Waals surface area contributed by atoms with Crippen LogP contribution in [0.4, 0.5) is 4.39 Å². The molecule has 1 aromatic rings. The Morgan fingerprint density at radius 3 is 2.62 bits per heavy atom. The first-order chi connectivity index (χ1) is 7.54. The molecular formula is C13H19ClFN. The summed E-state index contributed by atoms with van der Waals surface area (Å²) in [5, 5.41) is 3.85. The van der Waals surface area contributed by atoms with Gasteiger partial charge in [0.2, 0.25) is 0 Å². The molecule has 16 heavy (non-hydrogen) atoms. The summed E-state index contributed by atoms with van der Waals surface area (Å²) in [4.78, 5) is 0. The van der Waals surface area contributed by atoms with Crippen molar-refractivity contribution in [3.05, 3.63) is 34.6 Å². The van der Waals surface area contributed by atoms with Gasteiger partial charge in [0, 0.05) is 11.1 Å². The molecule has 0 amide bonds. The molecule has 0 saturated heterocycles. The van der Waals surface area contributed by atoms with Crippen LogP contribution in [0.15, 0.2) is 18.2 Å². The van der Waals surface area contributed by atoms with Gasteiger partial charge in [-0.3, -0.25) is 0 Å². The van der Waals surface area contributed by atoms with E-state index in [1.807, 2.05) is 7.05 Å². The minimum absolute atomic E-state index is 0.164. The zero-order valence-electron chi connectivity index (χ0n) is 10.1. The van der Waals surface area contributed by atoms with E-state index in [1.54, 1.807) is 12.1 Å². The Balaban J connectivity index is 2.63. The summed E-state index contributed by atoms with van der Waals surface area (Å²) >= 11 is 5.85. The fourth-order valence-corrected chi connectivity index (χ4v) is 2.05. The van der Waals surface area contributed by atoms with Crippen molar-refractivity contribution in [1.82, 2.24) is 5.32 Å². The van der Waals surface area contributed by atoms with Crippen LogP contribution in [0, 0.1) is 11.7 Å². The minimum Gasteiger partial charge on any atom is -0.317 e. The maximum Gasteiger partial charge on any atom is 0.126 e. The summed E-state index contributed by atoms with van der Waals surface area (Å²) in [5.41, 5.74) is 0.702. The Morgan fingerprint density at radius 2 is 2.06 bits per heavy atom. The highest BCUT2D eigenvalue weighted by Crippen LogP contribution is 2.18. The van der Waals surface area contributed by atoms with E-state index in [0.29, 0.717) is 22.5 Å². The molecule has 90 valence electrons. The van der Waals surface area contributed by atoms with Gasteiger partial charge < -0.3 is 5.32 Å². The zero-order valence-corrected chi connectivity index (χ0v) is 10.8. The predicted octanol–water partition coefficient (Wildman–Crippen LogP) is 3.66. The van der Waals surface area contributed by atoms with Crippen molar-refractivity contribution in [1.29, 1.82) is 0 Å². The summed E-state index contributed by atoms with van der Waals surface area (Å²) in [7, 11) is 1.94. The molecule has 1 nitrogen and oxygen atoms in total. The van der Waals surface area contributed by atoms with Crippen LogP contribution in [-0.4, -0.2) is 13.1 Å². The quantitative estimate of drug-likeness (QED) is 0.832. The zero-order chi connectivity index (χ0) is 12.1. The first-order valence-electron chi connectivity index (χ1n) is 5.65. The Morgan fingerprint density at radius 1 is 1.38 bits per heavy atom. The van der Waals surface area contributed by atoms with E-state index >= 15 is 0 Å². The number of halogens is 2. The summed E-state index contributed by atoms with van der Waals surface area (Å²) in [6.45, 7) is 4.32. The van der Waals surface area contributed by atoms with E-state index in [-0.39, 0.29) is 5.82 Å². The molecule has 1 rings (SSSR count). The second kappa shape index (κ2) is 6.21. The van der Waals surface area contributed by atoms with Crippen LogP contribution in [-0.2, 0) is 6.42 Å². The predicted molar refractivity (Wildman–Crippen MR) is 67.4 cm³/mol. The molecule has 0 saturated carbocycles. The molecule has 0 aliphatic carbocycles. The number of aryl methyl sites for hydroxylation is 1. The van der Waals surface area contributed by atoms with Crippen LogP contribution in [0.2, 0.25) is 5.02 Å². The van der Waals surface area contributed by atoms with Crippen molar-refractivity contribution in [3.63, 3.8) is 0 Å². The first kappa shape index (κ1) is 13.5. The van der Waals surface area contributed by atoms with E-state index in [0.717, 1.165) is 12.8 Å². The Bertz CT molecular complexity index is 339. The minimum atomic E-state index is -0.164. The number of rotatable bonds is 5. The lowest BCUT2D eigenvalue weighted by molar-refractivity contribution is 0.400. The molecule has 1 unspecified atom stereocenters. The Kier molecular flexibility index (Phi) is 5.23. The monoisotopic (exact) mass is 243 g/mol. The van der Waals surface area contributed by atoms with Gasteiger partial charge in [-0.25, -0.2) is 4.39 Å². The summed E-state index contributed by atoms with van der Waals surface area (Å²) in [6, 6.07) is 5.14. The van der Waals surface area contributed by atoms with Gasteiger partial charge in [-0.2, -0.15) is 0 Å². The third-order valence-corrected chi connectivity index (χ3v) is 3.14. The molecule has 3 heteroatoms. The maximum atomic E-state index is 13.4. The topological polar surface area (TPSA) is 12.0 Å². The first-order valence-corrected chi connectivity index (χ1v) is 6.03. The van der Waals surface area contributed by atoms with Gasteiger partial charge in [0.15, 0.2) is 0 Å². The third-order valence-electron chi connectivity index (χ3n) is 2.91. The van der Waals surface area contributed by atoms with E-state index in [4.69, 9.17) is 11.6 Å². The van der Waals surface area contributed by atoms with E-state index in [9.17, 15) is 4.39 Å². The Labute approximate surface area is 102 Å². The largest absolute Gasteiger partial charge is 0.317 e. The lowest BCUT2D eigenvalue weighted by Gasteiger charge is -2.20. The van der Waals surface area contributed by atoms with Crippen molar-refractivity contribution in [2.75, 3.05) is 7.05 Å². The van der Waals surface area contributed by atoms with Crippen LogP contribution < -0.4 is 5.32 Å². The number of hydrogen-bond acceptors (Lipinski definition) is 1. The summed E-state index contributed by atoms with van der Waals surface area (Å²) in [5.74, 6) is 0.384. The smallest absolute Gasteiger partial charge is 0.126 e. The Hall–Kier alpha value is -0.600. The van der Waals surface area contributed by atoms with Crippen molar-refractivity contribution < 1.29 is 4.39 Å². The molecule has 0 bridgehead atoms. The average Bonchev–Trinajstić information content (AvgIpc) is 2.23. The molecule has 0 heterocycles. The van der Waals surface area contributed by atoms with Crippen LogP contribution in [0.1, 0.15) is 25.8 Å². The highest BCUT2D eigenvalue weighted by atomic mass is 35.5. The van der Waals surface area contributed by atoms with Gasteiger partial charge in [0.1, 0.15) is 5.82 Å². The molecular weight excluding hydrogens is 225 g/mol. The van der Waals surface area contributed by atoms with Gasteiger partial charge in [0.05, 0.1) is 0 Å². The van der Waals surface area contributed by atoms with E-state index in [2.05, 4.69) is 19.2 Å². The van der Waals surface area contributed by atoms with Crippen molar-refractivity contribution >= 4 is 11.6 Å². The molecule has 1 aromatic carbocycles. The maximum absolute atomic E-state index is 13.4. The second-order valence-electron chi connectivity index (χ2n) is 4.41. The highest BCUT2D eigenvalue weighted by Gasteiger charge is 2.12. The number of hydrogen-bond donors (Lipinski definition) is 1. The van der Waals surface area contributed by atoms with Crippen LogP contribution in [0.25, 0.3) is 0 Å². The average molecular weight is 244 g/mol. The molecule has 0 aromatic heterocycles. The normalized spacial score (nSPS) is 13.1. The fourth-order valence-electron chi connectivity index (χ4n) is 1.86. The van der Waals surface area contributed by atoms with Gasteiger partial charge >= 0.3 is 0 Å². The van der Waals surface area contributed by atoms with Crippen molar-refractivity contribution in [3.8, 4) is 0 Å². The molecule has 0 fully saturated rings. The molecule has 0 spiro atoms. The number of nitrogens with one attached hydrogen (secondary N) is 1. The highest BCUT2D eigenvalue weighted by molar-refractivity contribution is 6.30. The molecule has 0 radical (unpaired) electrons. The number of benzene rings is 1. The van der Waals surface area contributed by atoms with E-state index < -0.39 is 0 Å². The summed E-state index contributed by atoms with van der Waals surface area (Å²) in [6.07, 6.45) is 1.64. The summed E-state index contributed by atoms with van der Waals surface area (Å²) < 4.78 is 13.4. The van der Waals surface area contributed by atoms with Crippen LogP contribution >= 0.6 is 11.6 Å². The van der Waals surface area contributed by atoms with Crippen LogP contribution in [0.5, 0.6) is 0 Å². The van der Waals surface area contributed by atoms with Crippen molar-refractivity contribution in [2.45, 2.75) is 32.7 Å². The molecule has 0 aliphatic heterocycles. The standard InChI is InChI=1S/C13H19ClFN/c1-9(2)13(16-3)7-4-10-8-11(14)5-6-12(10)15/h5-6,8-9,13,16H,4,7H2,1-3H3. The fraction of sp³-hybridized carbons (Fsp3) is 0.538. The van der Waals surface area contributed by atoms with Gasteiger partial charge in [-0.1, -0.05) is 25.4 Å². The lowest BCUT2D eigenvalue weighted by Crippen LogP contribution is -2.31. The molecule has 1 N–H and O–H groups in total. The van der Waals surface area contributed by atoms with E-state index in [1.165, 1.54) is 6.07 Å². The van der Waals surface area contributed by atoms with Crippen molar-refractivity contribution in [2.24, 2.45) is 5.92 Å². The lowest BCUT2D eigenvalue weighted by atomic mass is 9.97. The third kappa shape index (κ3) is 3.76. The molecule has 1 atom stereocenters. The van der Waals surface area contributed by atoms with Gasteiger partial charge in [0.25, 0.3) is 0 Å². The van der Waals surface area contributed by atoms with Crippen LogP contribution in [0.3, 0.4) is 0 Å². The van der Waals surface area contributed by atoms with Gasteiger partial charge in [-0.15, -0.1) is 0 Å². The second-order valence-corrected chi connectivity index (χ2v) is 4.85.